The number of aromatic nitrogens is 2. The Balaban J connectivity index is 1.98. The first-order valence-corrected chi connectivity index (χ1v) is 7.98. The molecule has 20 heavy (non-hydrogen) atoms. The van der Waals surface area contributed by atoms with Crippen LogP contribution < -0.4 is 5.32 Å². The highest BCUT2D eigenvalue weighted by atomic mass is 15.2. The van der Waals surface area contributed by atoms with Gasteiger partial charge in [0.2, 0.25) is 0 Å². The number of likely N-dealkylation sites (tertiary alicyclic amines) is 1. The third-order valence-electron chi connectivity index (χ3n) is 3.93. The molecule has 1 fully saturated rings. The van der Waals surface area contributed by atoms with Crippen LogP contribution in [0.2, 0.25) is 0 Å². The lowest BCUT2D eigenvalue weighted by molar-refractivity contribution is 0.267. The summed E-state index contributed by atoms with van der Waals surface area (Å²) in [5.74, 6) is 2.79. The fourth-order valence-corrected chi connectivity index (χ4v) is 2.72. The van der Waals surface area contributed by atoms with E-state index in [1.165, 1.54) is 32.4 Å². The molecule has 1 atom stereocenters. The van der Waals surface area contributed by atoms with Crippen molar-refractivity contribution in [2.24, 2.45) is 5.92 Å². The van der Waals surface area contributed by atoms with E-state index in [2.05, 4.69) is 34.0 Å². The zero-order valence-corrected chi connectivity index (χ0v) is 13.2. The van der Waals surface area contributed by atoms with Crippen LogP contribution in [0.5, 0.6) is 0 Å². The maximum Gasteiger partial charge on any atom is 0.144 e. The largest absolute Gasteiger partial charge is 0.370 e. The van der Waals surface area contributed by atoms with Gasteiger partial charge in [-0.3, -0.25) is 4.90 Å². The van der Waals surface area contributed by atoms with Crippen molar-refractivity contribution >= 4 is 5.82 Å². The number of anilines is 1. The summed E-state index contributed by atoms with van der Waals surface area (Å²) in [7, 11) is 0. The van der Waals surface area contributed by atoms with Crippen molar-refractivity contribution in [3.8, 4) is 0 Å². The van der Waals surface area contributed by atoms with E-state index in [0.29, 0.717) is 0 Å². The van der Waals surface area contributed by atoms with Crippen LogP contribution >= 0.6 is 0 Å². The molecule has 112 valence electrons. The molecule has 0 radical (unpaired) electrons. The van der Waals surface area contributed by atoms with Gasteiger partial charge in [0.15, 0.2) is 0 Å². The van der Waals surface area contributed by atoms with Crippen molar-refractivity contribution in [3.05, 3.63) is 17.6 Å². The number of hydrogen-bond donors (Lipinski definition) is 1. The molecule has 1 aromatic rings. The van der Waals surface area contributed by atoms with Crippen LogP contribution in [0.15, 0.2) is 6.07 Å². The van der Waals surface area contributed by atoms with Crippen LogP contribution in [0, 0.1) is 12.8 Å². The Labute approximate surface area is 123 Å². The van der Waals surface area contributed by atoms with Gasteiger partial charge in [-0.2, -0.15) is 0 Å². The van der Waals surface area contributed by atoms with Crippen LogP contribution in [0.25, 0.3) is 0 Å². The third kappa shape index (κ3) is 4.75. The molecule has 1 aliphatic rings. The molecular weight excluding hydrogens is 248 g/mol. The first-order chi connectivity index (χ1) is 9.67. The minimum Gasteiger partial charge on any atom is -0.370 e. The summed E-state index contributed by atoms with van der Waals surface area (Å²) >= 11 is 0. The van der Waals surface area contributed by atoms with E-state index in [1.54, 1.807) is 0 Å². The summed E-state index contributed by atoms with van der Waals surface area (Å²) in [4.78, 5) is 11.7. The molecule has 1 unspecified atom stereocenters. The molecule has 0 aromatic carbocycles. The van der Waals surface area contributed by atoms with Crippen LogP contribution in [-0.2, 0) is 6.54 Å². The Hall–Kier alpha value is -1.16. The topological polar surface area (TPSA) is 41.1 Å². The zero-order valence-electron chi connectivity index (χ0n) is 13.2. The second-order valence-electron chi connectivity index (χ2n) is 6.05. The second-order valence-corrected chi connectivity index (χ2v) is 6.05. The monoisotopic (exact) mass is 276 g/mol. The molecule has 0 amide bonds. The Morgan fingerprint density at radius 2 is 2.15 bits per heavy atom. The van der Waals surface area contributed by atoms with E-state index >= 15 is 0 Å². The lowest BCUT2D eigenvalue weighted by Crippen LogP contribution is -2.25. The smallest absolute Gasteiger partial charge is 0.144 e. The average molecular weight is 276 g/mol. The fraction of sp³-hybridized carbons (Fsp3) is 0.750. The third-order valence-corrected chi connectivity index (χ3v) is 3.93. The summed E-state index contributed by atoms with van der Waals surface area (Å²) in [6, 6.07) is 2.03. The van der Waals surface area contributed by atoms with Crippen LogP contribution in [0.3, 0.4) is 0 Å². The Morgan fingerprint density at radius 1 is 1.30 bits per heavy atom. The average Bonchev–Trinajstić information content (AvgIpc) is 2.61. The lowest BCUT2D eigenvalue weighted by Gasteiger charge is -2.19. The van der Waals surface area contributed by atoms with Crippen molar-refractivity contribution in [3.63, 3.8) is 0 Å². The van der Waals surface area contributed by atoms with Gasteiger partial charge in [-0.05, 0) is 51.6 Å². The fourth-order valence-electron chi connectivity index (χ4n) is 2.72. The predicted octanol–water partition coefficient (Wildman–Crippen LogP) is 3.23. The standard InChI is InChI=1S/C16H28N4/c1-4-8-17-15-11-14(3)18-16(19-15)12-20-9-5-6-13(2)7-10-20/h11,13H,4-10,12H2,1-3H3,(H,17,18,19). The van der Waals surface area contributed by atoms with Crippen LogP contribution in [0.1, 0.15) is 51.0 Å². The van der Waals surface area contributed by atoms with Gasteiger partial charge in [-0.25, -0.2) is 9.97 Å². The van der Waals surface area contributed by atoms with Crippen molar-refractivity contribution in [1.29, 1.82) is 0 Å². The molecule has 0 bridgehead atoms. The summed E-state index contributed by atoms with van der Waals surface area (Å²) in [5.41, 5.74) is 1.05. The summed E-state index contributed by atoms with van der Waals surface area (Å²) < 4.78 is 0. The molecule has 1 aromatic heterocycles. The Kier molecular flexibility index (Phi) is 5.77. The molecule has 4 nitrogen and oxygen atoms in total. The lowest BCUT2D eigenvalue weighted by atomic mass is 10.0. The van der Waals surface area contributed by atoms with E-state index in [-0.39, 0.29) is 0 Å². The number of nitrogens with one attached hydrogen (secondary N) is 1. The summed E-state index contributed by atoms with van der Waals surface area (Å²) in [6.45, 7) is 10.8. The number of aryl methyl sites for hydroxylation is 1. The van der Waals surface area contributed by atoms with E-state index in [4.69, 9.17) is 0 Å². The predicted molar refractivity (Wildman–Crippen MR) is 83.8 cm³/mol. The van der Waals surface area contributed by atoms with E-state index in [0.717, 1.165) is 42.8 Å². The maximum atomic E-state index is 4.65. The van der Waals surface area contributed by atoms with E-state index < -0.39 is 0 Å². The van der Waals surface area contributed by atoms with Gasteiger partial charge in [0.25, 0.3) is 0 Å². The SMILES string of the molecule is CCCNc1cc(C)nc(CN2CCCC(C)CC2)n1. The quantitative estimate of drug-likeness (QED) is 0.896. The molecular formula is C16H28N4. The number of nitrogens with zero attached hydrogens (tertiary/aromatic N) is 3. The first-order valence-electron chi connectivity index (χ1n) is 7.98. The highest BCUT2D eigenvalue weighted by Gasteiger charge is 2.15. The highest BCUT2D eigenvalue weighted by molar-refractivity contribution is 5.35. The minimum atomic E-state index is 0.861. The van der Waals surface area contributed by atoms with Gasteiger partial charge in [-0.15, -0.1) is 0 Å². The van der Waals surface area contributed by atoms with Crippen molar-refractivity contribution in [1.82, 2.24) is 14.9 Å². The van der Waals surface area contributed by atoms with Gasteiger partial charge in [0, 0.05) is 18.3 Å². The summed E-state index contributed by atoms with van der Waals surface area (Å²) in [6.07, 6.45) is 5.07. The van der Waals surface area contributed by atoms with Crippen molar-refractivity contribution in [2.75, 3.05) is 25.0 Å². The normalized spacial score (nSPS) is 20.6. The van der Waals surface area contributed by atoms with Crippen LogP contribution in [0.4, 0.5) is 5.82 Å². The molecule has 2 heterocycles. The van der Waals surface area contributed by atoms with Gasteiger partial charge >= 0.3 is 0 Å². The Bertz CT molecular complexity index is 419. The van der Waals surface area contributed by atoms with Gasteiger partial charge < -0.3 is 5.32 Å². The molecule has 1 N–H and O–H groups in total. The minimum absolute atomic E-state index is 0.861. The molecule has 1 aliphatic heterocycles. The first kappa shape index (κ1) is 15.2. The van der Waals surface area contributed by atoms with Crippen LogP contribution in [-0.4, -0.2) is 34.5 Å². The molecule has 4 heteroatoms. The number of rotatable bonds is 5. The Morgan fingerprint density at radius 3 is 2.95 bits per heavy atom. The maximum absolute atomic E-state index is 4.65. The van der Waals surface area contributed by atoms with Gasteiger partial charge in [0.05, 0.1) is 6.54 Å². The molecule has 0 saturated carbocycles. The highest BCUT2D eigenvalue weighted by Crippen LogP contribution is 2.18. The molecule has 0 aliphatic carbocycles. The molecule has 0 spiro atoms. The molecule has 2 rings (SSSR count). The van der Waals surface area contributed by atoms with E-state index in [9.17, 15) is 0 Å². The second kappa shape index (κ2) is 7.58. The van der Waals surface area contributed by atoms with Gasteiger partial charge in [0.1, 0.15) is 11.6 Å². The zero-order chi connectivity index (χ0) is 14.4. The summed E-state index contributed by atoms with van der Waals surface area (Å²) in [5, 5.41) is 3.36. The number of hydrogen-bond acceptors (Lipinski definition) is 4. The van der Waals surface area contributed by atoms with Crippen molar-refractivity contribution in [2.45, 2.75) is 53.0 Å². The van der Waals surface area contributed by atoms with Gasteiger partial charge in [-0.1, -0.05) is 13.8 Å². The molecule has 1 saturated heterocycles. The van der Waals surface area contributed by atoms with Crippen molar-refractivity contribution < 1.29 is 0 Å². The van der Waals surface area contributed by atoms with E-state index in [1.807, 2.05) is 13.0 Å².